The third kappa shape index (κ3) is 61.7. The topological polar surface area (TPSA) is 24.1 Å². The standard InChI is InChI=1S/2C2H7N.C2H5.3ClH.Sn/c2*1-3-2;1-2;;;;/h2*3H,1-2H3;1H2,2H3;3*1H;/q;;;;;;+3/p-3. The Hall–Kier alpha value is 1.59. The van der Waals surface area contributed by atoms with Crippen LogP contribution in [0.4, 0.5) is 0 Å². The molecule has 0 saturated heterocycles. The molecule has 0 heterocycles. The quantitative estimate of drug-likeness (QED) is 0.714. The second-order valence-electron chi connectivity index (χ2n) is 1.97. The van der Waals surface area contributed by atoms with Crippen LogP contribution in [0.3, 0.4) is 0 Å². The van der Waals surface area contributed by atoms with Crippen molar-refractivity contribution in [3.05, 3.63) is 0 Å². The van der Waals surface area contributed by atoms with Crippen LogP contribution in [0, 0.1) is 0 Å². The van der Waals surface area contributed by atoms with Gasteiger partial charge in [-0.3, -0.25) is 0 Å². The van der Waals surface area contributed by atoms with E-state index < -0.39 is 15.0 Å². The van der Waals surface area contributed by atoms with Crippen molar-refractivity contribution in [3.8, 4) is 0 Å². The third-order valence-electron chi connectivity index (χ3n) is 0.401. The first-order valence-electron chi connectivity index (χ1n) is 3.63. The molecule has 0 aromatic carbocycles. The molecule has 12 heavy (non-hydrogen) atoms. The first-order chi connectivity index (χ1) is 5.39. The number of nitrogens with one attached hydrogen (secondary N) is 2. The maximum atomic E-state index is 5.46. The first-order valence-corrected chi connectivity index (χ1v) is 16.5. The Labute approximate surface area is 91.4 Å². The van der Waals surface area contributed by atoms with Crippen LogP contribution >= 0.6 is 26.8 Å². The Bertz CT molecular complexity index is 66.3. The summed E-state index contributed by atoms with van der Waals surface area (Å²) in [4.78, 5) is 0. The zero-order chi connectivity index (χ0) is 10.6. The van der Waals surface area contributed by atoms with Crippen molar-refractivity contribution in [2.24, 2.45) is 0 Å². The minimum absolute atomic E-state index is 0.777. The van der Waals surface area contributed by atoms with Gasteiger partial charge in [0.2, 0.25) is 0 Å². The van der Waals surface area contributed by atoms with Crippen molar-refractivity contribution in [1.29, 1.82) is 0 Å². The van der Waals surface area contributed by atoms with Gasteiger partial charge in [0.25, 0.3) is 0 Å². The molecular formula is C6H19Cl3N2Sn. The SMILES string of the molecule is CNC.CNC.C[CH2][Sn]([Cl])([Cl])[Cl]. The van der Waals surface area contributed by atoms with E-state index in [-0.39, 0.29) is 0 Å². The predicted molar refractivity (Wildman–Crippen MR) is 63.8 cm³/mol. The predicted octanol–water partition coefficient (Wildman–Crippen LogP) is 2.33. The molecule has 2 N–H and O–H groups in total. The number of halogens is 3. The van der Waals surface area contributed by atoms with Crippen LogP contribution in [0.25, 0.3) is 0 Å². The van der Waals surface area contributed by atoms with Gasteiger partial charge in [0.1, 0.15) is 0 Å². The van der Waals surface area contributed by atoms with E-state index in [1.165, 1.54) is 0 Å². The van der Waals surface area contributed by atoms with Crippen LogP contribution in [-0.2, 0) is 0 Å². The van der Waals surface area contributed by atoms with Gasteiger partial charge < -0.3 is 10.6 Å². The van der Waals surface area contributed by atoms with E-state index in [0.717, 1.165) is 4.44 Å². The molecule has 0 aliphatic heterocycles. The molecule has 0 spiro atoms. The second-order valence-corrected chi connectivity index (χ2v) is 24.4. The van der Waals surface area contributed by atoms with E-state index in [4.69, 9.17) is 26.8 Å². The Morgan fingerprint density at radius 2 is 1.00 bits per heavy atom. The molecule has 0 aliphatic carbocycles. The third-order valence-corrected chi connectivity index (χ3v) is 8.07. The van der Waals surface area contributed by atoms with Crippen LogP contribution in [0.1, 0.15) is 6.92 Å². The molecule has 6 heteroatoms. The van der Waals surface area contributed by atoms with Crippen LogP contribution in [-0.4, -0.2) is 43.2 Å². The Kier molecular flexibility index (Phi) is 24.1. The van der Waals surface area contributed by atoms with Gasteiger partial charge in [0.05, 0.1) is 0 Å². The van der Waals surface area contributed by atoms with E-state index in [9.17, 15) is 0 Å². The van der Waals surface area contributed by atoms with Gasteiger partial charge in [-0.2, -0.15) is 0 Å². The molecule has 0 aliphatic rings. The van der Waals surface area contributed by atoms with E-state index in [1.54, 1.807) is 0 Å². The molecule has 0 unspecified atom stereocenters. The molecule has 0 aromatic rings. The normalized spacial score (nSPS) is 9.00. The Morgan fingerprint density at radius 1 is 0.917 bits per heavy atom. The van der Waals surface area contributed by atoms with Crippen molar-refractivity contribution in [3.63, 3.8) is 0 Å². The van der Waals surface area contributed by atoms with Crippen molar-refractivity contribution in [2.75, 3.05) is 28.2 Å². The second kappa shape index (κ2) is 15.1. The average molecular weight is 344 g/mol. The summed E-state index contributed by atoms with van der Waals surface area (Å²) in [5.74, 6) is 0. The molecule has 0 radical (unpaired) electrons. The molecule has 0 rings (SSSR count). The van der Waals surface area contributed by atoms with Crippen molar-refractivity contribution < 1.29 is 0 Å². The molecule has 0 bridgehead atoms. The van der Waals surface area contributed by atoms with Crippen molar-refractivity contribution in [2.45, 2.75) is 11.4 Å². The number of hydrogen-bond acceptors (Lipinski definition) is 2. The van der Waals surface area contributed by atoms with E-state index in [2.05, 4.69) is 10.6 Å². The first kappa shape index (κ1) is 19.2. The molecule has 0 fully saturated rings. The van der Waals surface area contributed by atoms with Crippen LogP contribution in [0.2, 0.25) is 4.44 Å². The summed E-state index contributed by atoms with van der Waals surface area (Å²) in [6.45, 7) is 1.91. The molecule has 0 aromatic heterocycles. The summed E-state index contributed by atoms with van der Waals surface area (Å²) in [5, 5.41) is 5.50. The van der Waals surface area contributed by atoms with Gasteiger partial charge in [0.15, 0.2) is 0 Å². The summed E-state index contributed by atoms with van der Waals surface area (Å²) in [6, 6.07) is 0. The summed E-state index contributed by atoms with van der Waals surface area (Å²) >= 11 is -2.81. The summed E-state index contributed by atoms with van der Waals surface area (Å²) in [7, 11) is 23.9. The summed E-state index contributed by atoms with van der Waals surface area (Å²) in [5.41, 5.74) is 0. The zero-order valence-electron chi connectivity index (χ0n) is 8.34. The number of hydrogen-bond donors (Lipinski definition) is 2. The zero-order valence-corrected chi connectivity index (χ0v) is 13.5. The summed E-state index contributed by atoms with van der Waals surface area (Å²) in [6.07, 6.45) is 0. The molecular weight excluding hydrogens is 325 g/mol. The van der Waals surface area contributed by atoms with Gasteiger partial charge in [-0.25, -0.2) is 0 Å². The van der Waals surface area contributed by atoms with Gasteiger partial charge in [-0.15, -0.1) is 0 Å². The fourth-order valence-corrected chi connectivity index (χ4v) is 0. The molecule has 2 nitrogen and oxygen atoms in total. The van der Waals surface area contributed by atoms with Crippen LogP contribution in [0.15, 0.2) is 0 Å². The van der Waals surface area contributed by atoms with Gasteiger partial charge in [-0.05, 0) is 28.2 Å². The van der Waals surface area contributed by atoms with Gasteiger partial charge in [0, 0.05) is 0 Å². The van der Waals surface area contributed by atoms with Crippen LogP contribution in [0.5, 0.6) is 0 Å². The van der Waals surface area contributed by atoms with E-state index in [1.807, 2.05) is 35.1 Å². The molecule has 0 atom stereocenters. The van der Waals surface area contributed by atoms with Gasteiger partial charge in [-0.1, -0.05) is 0 Å². The van der Waals surface area contributed by atoms with E-state index in [0.29, 0.717) is 0 Å². The Morgan fingerprint density at radius 3 is 1.00 bits per heavy atom. The fraction of sp³-hybridized carbons (Fsp3) is 1.00. The Balaban J connectivity index is -0.000000115. The number of rotatable bonds is 1. The minimum atomic E-state index is -2.81. The van der Waals surface area contributed by atoms with Crippen LogP contribution < -0.4 is 10.6 Å². The van der Waals surface area contributed by atoms with E-state index >= 15 is 0 Å². The monoisotopic (exact) mass is 344 g/mol. The molecule has 0 amide bonds. The summed E-state index contributed by atoms with van der Waals surface area (Å²) < 4.78 is 0.777. The average Bonchev–Trinajstić information content (AvgIpc) is 1.90. The fourth-order valence-electron chi connectivity index (χ4n) is 0. The van der Waals surface area contributed by atoms with Crippen molar-refractivity contribution in [1.82, 2.24) is 10.6 Å². The maximum absolute atomic E-state index is 5.46. The van der Waals surface area contributed by atoms with Gasteiger partial charge >= 0.3 is 53.1 Å². The van der Waals surface area contributed by atoms with Crippen molar-refractivity contribution >= 4 is 41.8 Å². The molecule has 78 valence electrons. The molecule has 0 saturated carbocycles.